The van der Waals surface area contributed by atoms with Crippen LogP contribution in [0.1, 0.15) is 28.5 Å². The van der Waals surface area contributed by atoms with Crippen molar-refractivity contribution >= 4 is 22.9 Å². The molecule has 2 aromatic heterocycles. The third kappa shape index (κ3) is 3.02. The lowest BCUT2D eigenvalue weighted by Gasteiger charge is -2.11. The van der Waals surface area contributed by atoms with Gasteiger partial charge in [0.05, 0.1) is 10.5 Å². The van der Waals surface area contributed by atoms with Crippen LogP contribution in [0.15, 0.2) is 18.5 Å². The summed E-state index contributed by atoms with van der Waals surface area (Å²) in [6.07, 6.45) is 3.03. The summed E-state index contributed by atoms with van der Waals surface area (Å²) in [5.74, 6) is 0. The minimum atomic E-state index is -2.37. The smallest absolute Gasteiger partial charge is 0.257 e. The molecule has 108 valence electrons. The van der Waals surface area contributed by atoms with Gasteiger partial charge < -0.3 is 5.32 Å². The van der Waals surface area contributed by atoms with E-state index in [1.54, 1.807) is 23.7 Å². The molecule has 0 saturated carbocycles. The highest BCUT2D eigenvalue weighted by molar-refractivity contribution is 7.16. The summed E-state index contributed by atoms with van der Waals surface area (Å²) in [6, 6.07) is 2.32. The van der Waals surface area contributed by atoms with Crippen molar-refractivity contribution in [2.24, 2.45) is 0 Å². The number of aryl methyl sites for hydroxylation is 1. The van der Waals surface area contributed by atoms with Crippen molar-refractivity contribution in [2.45, 2.75) is 38.4 Å². The first-order valence-electron chi connectivity index (χ1n) is 6.43. The van der Waals surface area contributed by atoms with Gasteiger partial charge in [-0.15, -0.1) is 11.3 Å². The van der Waals surface area contributed by atoms with E-state index in [2.05, 4.69) is 10.4 Å². The van der Waals surface area contributed by atoms with Gasteiger partial charge in [0.15, 0.2) is 0 Å². The van der Waals surface area contributed by atoms with Gasteiger partial charge in [0, 0.05) is 29.2 Å². The SMILES string of the molecule is FC(F)Cn1cc(CNC2CCc3sc(Cl)cc32)cn1. The number of fused-ring (bicyclic) bond motifs is 1. The molecule has 0 aliphatic heterocycles. The zero-order valence-corrected chi connectivity index (χ0v) is 12.2. The van der Waals surface area contributed by atoms with Gasteiger partial charge in [-0.1, -0.05) is 11.6 Å². The number of nitrogens with one attached hydrogen (secondary N) is 1. The Balaban J connectivity index is 1.59. The van der Waals surface area contributed by atoms with E-state index < -0.39 is 6.43 Å². The molecule has 0 aromatic carbocycles. The van der Waals surface area contributed by atoms with E-state index in [0.29, 0.717) is 12.6 Å². The molecule has 1 unspecified atom stereocenters. The summed E-state index contributed by atoms with van der Waals surface area (Å²) >= 11 is 7.66. The third-order valence-corrected chi connectivity index (χ3v) is 4.75. The molecule has 1 aliphatic rings. The van der Waals surface area contributed by atoms with Crippen LogP contribution in [0.4, 0.5) is 8.78 Å². The van der Waals surface area contributed by atoms with E-state index in [0.717, 1.165) is 22.7 Å². The number of thiophene rings is 1. The largest absolute Gasteiger partial charge is 0.306 e. The van der Waals surface area contributed by atoms with Crippen LogP contribution < -0.4 is 5.32 Å². The van der Waals surface area contributed by atoms with Gasteiger partial charge in [-0.2, -0.15) is 5.10 Å². The fourth-order valence-corrected chi connectivity index (χ4v) is 3.88. The van der Waals surface area contributed by atoms with Crippen LogP contribution >= 0.6 is 22.9 Å². The predicted molar refractivity (Wildman–Crippen MR) is 75.5 cm³/mol. The van der Waals surface area contributed by atoms with E-state index in [4.69, 9.17) is 11.6 Å². The Morgan fingerprint density at radius 1 is 1.55 bits per heavy atom. The van der Waals surface area contributed by atoms with Crippen molar-refractivity contribution in [3.63, 3.8) is 0 Å². The molecule has 0 saturated heterocycles. The van der Waals surface area contributed by atoms with Crippen molar-refractivity contribution in [1.82, 2.24) is 15.1 Å². The van der Waals surface area contributed by atoms with Crippen LogP contribution in [0.25, 0.3) is 0 Å². The van der Waals surface area contributed by atoms with Gasteiger partial charge in [-0.05, 0) is 24.5 Å². The molecule has 1 aliphatic carbocycles. The fourth-order valence-electron chi connectivity index (χ4n) is 2.52. The molecular formula is C13H14ClF2N3S. The highest BCUT2D eigenvalue weighted by Gasteiger charge is 2.24. The monoisotopic (exact) mass is 317 g/mol. The number of aromatic nitrogens is 2. The Labute approximate surface area is 124 Å². The Morgan fingerprint density at radius 3 is 3.20 bits per heavy atom. The maximum absolute atomic E-state index is 12.2. The van der Waals surface area contributed by atoms with Crippen molar-refractivity contribution < 1.29 is 8.78 Å². The topological polar surface area (TPSA) is 29.9 Å². The fraction of sp³-hybridized carbons (Fsp3) is 0.462. The zero-order chi connectivity index (χ0) is 14.1. The van der Waals surface area contributed by atoms with Crippen LogP contribution in [0.5, 0.6) is 0 Å². The minimum Gasteiger partial charge on any atom is -0.306 e. The Kier molecular flexibility index (Phi) is 4.05. The number of alkyl halides is 2. The second-order valence-corrected chi connectivity index (χ2v) is 6.63. The lowest BCUT2D eigenvalue weighted by Crippen LogP contribution is -2.18. The van der Waals surface area contributed by atoms with Crippen molar-refractivity contribution in [2.75, 3.05) is 0 Å². The van der Waals surface area contributed by atoms with Crippen LogP contribution in [0.2, 0.25) is 4.34 Å². The quantitative estimate of drug-likeness (QED) is 0.912. The van der Waals surface area contributed by atoms with Crippen molar-refractivity contribution in [1.29, 1.82) is 0 Å². The second-order valence-electron chi connectivity index (χ2n) is 4.86. The summed E-state index contributed by atoms with van der Waals surface area (Å²) in [4.78, 5) is 1.35. The summed E-state index contributed by atoms with van der Waals surface area (Å²) in [7, 11) is 0. The van der Waals surface area contributed by atoms with Gasteiger partial charge in [0.1, 0.15) is 6.54 Å². The highest BCUT2D eigenvalue weighted by Crippen LogP contribution is 2.39. The first-order chi connectivity index (χ1) is 9.61. The third-order valence-electron chi connectivity index (χ3n) is 3.41. The Hall–Kier alpha value is -0.980. The van der Waals surface area contributed by atoms with Crippen LogP contribution in [0, 0.1) is 0 Å². The molecular weight excluding hydrogens is 304 g/mol. The Morgan fingerprint density at radius 2 is 2.40 bits per heavy atom. The lowest BCUT2D eigenvalue weighted by atomic mass is 10.1. The summed E-state index contributed by atoms with van der Waals surface area (Å²) in [6.45, 7) is 0.272. The van der Waals surface area contributed by atoms with E-state index >= 15 is 0 Å². The molecule has 0 bridgehead atoms. The van der Waals surface area contributed by atoms with E-state index in [1.165, 1.54) is 15.1 Å². The summed E-state index contributed by atoms with van der Waals surface area (Å²) in [5, 5.41) is 7.37. The lowest BCUT2D eigenvalue weighted by molar-refractivity contribution is 0.122. The molecule has 0 amide bonds. The summed E-state index contributed by atoms with van der Waals surface area (Å²) < 4.78 is 26.6. The number of hydrogen-bond donors (Lipinski definition) is 1. The van der Waals surface area contributed by atoms with Crippen LogP contribution in [0.3, 0.4) is 0 Å². The van der Waals surface area contributed by atoms with Gasteiger partial charge in [0.2, 0.25) is 0 Å². The van der Waals surface area contributed by atoms with Crippen molar-refractivity contribution in [3.8, 4) is 0 Å². The molecule has 0 fully saturated rings. The van der Waals surface area contributed by atoms with E-state index in [1.807, 2.05) is 6.07 Å². The molecule has 3 rings (SSSR count). The molecule has 3 nitrogen and oxygen atoms in total. The molecule has 2 heterocycles. The molecule has 1 atom stereocenters. The van der Waals surface area contributed by atoms with E-state index in [-0.39, 0.29) is 6.54 Å². The average Bonchev–Trinajstić information content (AvgIpc) is 3.02. The first-order valence-corrected chi connectivity index (χ1v) is 7.62. The first kappa shape index (κ1) is 14.0. The standard InChI is InChI=1S/C13H14ClF2N3S/c14-12-3-9-10(1-2-11(9)20-12)17-4-8-5-18-19(6-8)7-13(15)16/h3,5-6,10,13,17H,1-2,4,7H2. The molecule has 7 heteroatoms. The maximum atomic E-state index is 12.2. The molecule has 20 heavy (non-hydrogen) atoms. The zero-order valence-electron chi connectivity index (χ0n) is 10.7. The Bertz CT molecular complexity index is 596. The number of nitrogens with zero attached hydrogens (tertiary/aromatic N) is 2. The molecule has 2 aromatic rings. The molecule has 1 N–H and O–H groups in total. The maximum Gasteiger partial charge on any atom is 0.257 e. The van der Waals surface area contributed by atoms with Crippen LogP contribution in [-0.4, -0.2) is 16.2 Å². The second kappa shape index (κ2) is 5.79. The highest BCUT2D eigenvalue weighted by atomic mass is 35.5. The predicted octanol–water partition coefficient (Wildman–Crippen LogP) is 3.64. The average molecular weight is 318 g/mol. The van der Waals surface area contributed by atoms with Gasteiger partial charge in [-0.3, -0.25) is 4.68 Å². The van der Waals surface area contributed by atoms with Crippen molar-refractivity contribution in [3.05, 3.63) is 38.8 Å². The number of rotatable bonds is 5. The van der Waals surface area contributed by atoms with Gasteiger partial charge in [0.25, 0.3) is 6.43 Å². The van der Waals surface area contributed by atoms with E-state index in [9.17, 15) is 8.78 Å². The molecule has 0 spiro atoms. The van der Waals surface area contributed by atoms with Crippen LogP contribution in [-0.2, 0) is 19.5 Å². The number of halogens is 3. The number of hydrogen-bond acceptors (Lipinski definition) is 3. The minimum absolute atomic E-state index is 0.298. The summed E-state index contributed by atoms with van der Waals surface area (Å²) in [5.41, 5.74) is 2.19. The normalized spacial score (nSPS) is 17.9. The van der Waals surface area contributed by atoms with Gasteiger partial charge >= 0.3 is 0 Å². The molecule has 0 radical (unpaired) electrons. The van der Waals surface area contributed by atoms with Gasteiger partial charge in [-0.25, -0.2) is 8.78 Å².